The Bertz CT molecular complexity index is 1570. The molecular weight excluding hydrogens is 925 g/mol. The highest BCUT2D eigenvalue weighted by molar-refractivity contribution is 5.71. The molecule has 6 heteroatoms. The molecule has 0 spiro atoms. The number of allylic oxidation sites excluding steroid dienone is 20. The minimum absolute atomic E-state index is 0.106. The topological polar surface area (TPSA) is 78.9 Å². The van der Waals surface area contributed by atoms with Gasteiger partial charge in [-0.15, -0.1) is 0 Å². The first kappa shape index (κ1) is 70.8. The maximum Gasteiger partial charge on any atom is 0.306 e. The molecule has 0 N–H and O–H groups in total. The monoisotopic (exact) mass is 1040 g/mol. The predicted molar refractivity (Wildman–Crippen MR) is 325 cm³/mol. The van der Waals surface area contributed by atoms with E-state index in [1.165, 1.54) is 103 Å². The van der Waals surface area contributed by atoms with E-state index in [2.05, 4.69) is 142 Å². The van der Waals surface area contributed by atoms with E-state index in [0.717, 1.165) is 128 Å². The third kappa shape index (κ3) is 60.6. The molecule has 0 radical (unpaired) electrons. The van der Waals surface area contributed by atoms with Crippen molar-refractivity contribution in [2.24, 2.45) is 0 Å². The lowest BCUT2D eigenvalue weighted by atomic mass is 10.0. The van der Waals surface area contributed by atoms with E-state index in [-0.39, 0.29) is 31.1 Å². The summed E-state index contributed by atoms with van der Waals surface area (Å²) >= 11 is 0. The standard InChI is InChI=1S/C69H114O6/c1-4-7-10-13-16-19-22-25-28-31-33-34-36-38-41-44-47-50-53-56-59-62-68(71)74-65-66(64-73-67(70)61-58-55-52-49-46-43-40-37-30-27-24-21-18-15-12-9-6-3)75-69(72)63-60-57-54-51-48-45-42-39-35-32-29-26-23-20-17-14-11-8-5-2/h7,9-10,12,16,18-19,21,25,27-28,30,33-34,38,40-41,43,47,50,66H,4-6,8,11,13-15,17,20,22-24,26,29,31-32,35-37,39,42,44-46,48-49,51-65H2,1-3H3/b10-7-,12-9-,19-16-,21-18-,28-25-,30-27-,34-33-,41-38-,43-40-,50-47-. The molecule has 0 aliphatic carbocycles. The summed E-state index contributed by atoms with van der Waals surface area (Å²) < 4.78 is 16.9. The van der Waals surface area contributed by atoms with Crippen LogP contribution in [0.5, 0.6) is 0 Å². The summed E-state index contributed by atoms with van der Waals surface area (Å²) in [5.41, 5.74) is 0. The summed E-state index contributed by atoms with van der Waals surface area (Å²) in [6.07, 6.45) is 86.3. The van der Waals surface area contributed by atoms with Crippen LogP contribution in [0.25, 0.3) is 0 Å². The lowest BCUT2D eigenvalue weighted by Crippen LogP contribution is -2.30. The van der Waals surface area contributed by atoms with Crippen LogP contribution >= 0.6 is 0 Å². The van der Waals surface area contributed by atoms with Gasteiger partial charge < -0.3 is 14.2 Å². The average molecular weight is 1040 g/mol. The van der Waals surface area contributed by atoms with Crippen molar-refractivity contribution in [1.82, 2.24) is 0 Å². The Balaban J connectivity index is 4.50. The molecule has 0 aliphatic rings. The molecule has 1 unspecified atom stereocenters. The highest BCUT2D eigenvalue weighted by Crippen LogP contribution is 2.16. The van der Waals surface area contributed by atoms with Gasteiger partial charge in [0.15, 0.2) is 6.10 Å². The van der Waals surface area contributed by atoms with Gasteiger partial charge in [-0.1, -0.05) is 271 Å². The highest BCUT2D eigenvalue weighted by Gasteiger charge is 2.19. The van der Waals surface area contributed by atoms with Crippen molar-refractivity contribution >= 4 is 17.9 Å². The molecule has 0 saturated heterocycles. The minimum atomic E-state index is -0.810. The van der Waals surface area contributed by atoms with Gasteiger partial charge in [0.25, 0.3) is 0 Å². The second kappa shape index (κ2) is 62.4. The van der Waals surface area contributed by atoms with Crippen LogP contribution < -0.4 is 0 Å². The van der Waals surface area contributed by atoms with Crippen LogP contribution in [0.15, 0.2) is 122 Å². The molecule has 0 aromatic carbocycles. The molecule has 0 aliphatic heterocycles. The molecule has 0 rings (SSSR count). The van der Waals surface area contributed by atoms with Gasteiger partial charge >= 0.3 is 17.9 Å². The number of esters is 3. The maximum absolute atomic E-state index is 12.9. The van der Waals surface area contributed by atoms with Gasteiger partial charge in [0.05, 0.1) is 0 Å². The van der Waals surface area contributed by atoms with E-state index >= 15 is 0 Å². The van der Waals surface area contributed by atoms with Gasteiger partial charge in [-0.25, -0.2) is 0 Å². The molecule has 0 fully saturated rings. The third-order valence-electron chi connectivity index (χ3n) is 13.0. The van der Waals surface area contributed by atoms with E-state index in [0.29, 0.717) is 25.7 Å². The van der Waals surface area contributed by atoms with Gasteiger partial charge in [-0.05, 0) is 109 Å². The maximum atomic E-state index is 12.9. The quantitative estimate of drug-likeness (QED) is 0.0261. The highest BCUT2D eigenvalue weighted by atomic mass is 16.6. The predicted octanol–water partition coefficient (Wildman–Crippen LogP) is 21.2. The summed E-state index contributed by atoms with van der Waals surface area (Å²) in [5, 5.41) is 0. The number of carbonyl (C=O) groups is 3. The molecule has 0 bridgehead atoms. The van der Waals surface area contributed by atoms with Crippen molar-refractivity contribution in [2.45, 2.75) is 284 Å². The number of hydrogen-bond donors (Lipinski definition) is 0. The normalized spacial score (nSPS) is 12.9. The largest absolute Gasteiger partial charge is 0.462 e. The molecule has 0 amide bonds. The Morgan fingerprint density at radius 3 is 0.840 bits per heavy atom. The van der Waals surface area contributed by atoms with Crippen LogP contribution in [0.2, 0.25) is 0 Å². The van der Waals surface area contributed by atoms with Crippen LogP contribution in [0.3, 0.4) is 0 Å². The van der Waals surface area contributed by atoms with Crippen LogP contribution in [0, 0.1) is 0 Å². The van der Waals surface area contributed by atoms with Crippen molar-refractivity contribution in [3.8, 4) is 0 Å². The minimum Gasteiger partial charge on any atom is -0.462 e. The van der Waals surface area contributed by atoms with Crippen molar-refractivity contribution in [1.29, 1.82) is 0 Å². The zero-order valence-corrected chi connectivity index (χ0v) is 48.8. The molecular formula is C69H114O6. The van der Waals surface area contributed by atoms with Crippen LogP contribution in [0.4, 0.5) is 0 Å². The molecule has 0 heterocycles. The molecule has 1 atom stereocenters. The van der Waals surface area contributed by atoms with Crippen LogP contribution in [-0.4, -0.2) is 37.2 Å². The van der Waals surface area contributed by atoms with E-state index in [1.54, 1.807) is 0 Å². The fourth-order valence-corrected chi connectivity index (χ4v) is 8.38. The molecule has 0 aromatic rings. The van der Waals surface area contributed by atoms with Crippen molar-refractivity contribution in [3.05, 3.63) is 122 Å². The Morgan fingerprint density at radius 2 is 0.520 bits per heavy atom. The zero-order valence-electron chi connectivity index (χ0n) is 48.8. The number of ether oxygens (including phenoxy) is 3. The number of carbonyl (C=O) groups excluding carboxylic acids is 3. The van der Waals surface area contributed by atoms with Crippen molar-refractivity contribution < 1.29 is 28.6 Å². The second-order valence-electron chi connectivity index (χ2n) is 20.2. The van der Waals surface area contributed by atoms with Gasteiger partial charge in [-0.2, -0.15) is 0 Å². The van der Waals surface area contributed by atoms with Crippen LogP contribution in [0.1, 0.15) is 278 Å². The van der Waals surface area contributed by atoms with Crippen molar-refractivity contribution in [3.63, 3.8) is 0 Å². The lowest BCUT2D eigenvalue weighted by molar-refractivity contribution is -0.167. The summed E-state index contributed by atoms with van der Waals surface area (Å²) in [6.45, 7) is 6.37. The first-order valence-electron chi connectivity index (χ1n) is 31.0. The second-order valence-corrected chi connectivity index (χ2v) is 20.2. The van der Waals surface area contributed by atoms with Gasteiger partial charge in [0.1, 0.15) is 13.2 Å². The van der Waals surface area contributed by atoms with Gasteiger partial charge in [0.2, 0.25) is 0 Å². The first-order valence-corrected chi connectivity index (χ1v) is 31.0. The number of hydrogen-bond acceptors (Lipinski definition) is 6. The van der Waals surface area contributed by atoms with Crippen molar-refractivity contribution in [2.75, 3.05) is 13.2 Å². The average Bonchev–Trinajstić information content (AvgIpc) is 3.41. The fraction of sp³-hybridized carbons (Fsp3) is 0.667. The molecule has 0 saturated carbocycles. The number of unbranched alkanes of at least 4 members (excludes halogenated alkanes) is 24. The Labute approximate surface area is 462 Å². The van der Waals surface area contributed by atoms with E-state index < -0.39 is 6.10 Å². The Kier molecular flexibility index (Phi) is 58.9. The SMILES string of the molecule is CC/C=C\C/C=C\C/C=C\C/C=C\C/C=C\C/C=C\CCCCC(=O)OCC(COC(=O)CCCCCC/C=C\C/C=C\C/C=C\C/C=C\CC)OC(=O)CCCCCCCCCCCCCCCCCCCCC. The Morgan fingerprint density at radius 1 is 0.280 bits per heavy atom. The summed E-state index contributed by atoms with van der Waals surface area (Å²) in [6, 6.07) is 0. The molecule has 426 valence electrons. The molecule has 75 heavy (non-hydrogen) atoms. The number of rotatable bonds is 55. The van der Waals surface area contributed by atoms with E-state index in [1.807, 2.05) is 0 Å². The summed E-state index contributed by atoms with van der Waals surface area (Å²) in [5.74, 6) is -0.965. The van der Waals surface area contributed by atoms with E-state index in [4.69, 9.17) is 14.2 Å². The smallest absolute Gasteiger partial charge is 0.306 e. The zero-order chi connectivity index (χ0) is 54.3. The third-order valence-corrected chi connectivity index (χ3v) is 13.0. The first-order chi connectivity index (χ1) is 37.0. The van der Waals surface area contributed by atoms with Crippen LogP contribution in [-0.2, 0) is 28.6 Å². The summed E-state index contributed by atoms with van der Waals surface area (Å²) in [4.78, 5) is 38.3. The summed E-state index contributed by atoms with van der Waals surface area (Å²) in [7, 11) is 0. The lowest BCUT2D eigenvalue weighted by Gasteiger charge is -2.18. The Hall–Kier alpha value is -4.19. The molecule has 0 aromatic heterocycles. The van der Waals surface area contributed by atoms with E-state index in [9.17, 15) is 14.4 Å². The van der Waals surface area contributed by atoms with Gasteiger partial charge in [-0.3, -0.25) is 14.4 Å². The van der Waals surface area contributed by atoms with Gasteiger partial charge in [0, 0.05) is 19.3 Å². The fourth-order valence-electron chi connectivity index (χ4n) is 8.38. The molecule has 6 nitrogen and oxygen atoms in total.